The molecule has 0 spiro atoms. The van der Waals surface area contributed by atoms with Crippen molar-refractivity contribution in [2.24, 2.45) is 0 Å². The van der Waals surface area contributed by atoms with Gasteiger partial charge in [-0.15, -0.1) is 0 Å². The number of alkyl halides is 3. The molecule has 0 atom stereocenters. The van der Waals surface area contributed by atoms with E-state index < -0.39 is 26.8 Å². The number of aromatic amines is 1. The quantitative estimate of drug-likeness (QED) is 0.900. The summed E-state index contributed by atoms with van der Waals surface area (Å²) in [7, 11) is -4.10. The number of halogens is 3. The van der Waals surface area contributed by atoms with Crippen molar-refractivity contribution in [2.45, 2.75) is 11.1 Å². The van der Waals surface area contributed by atoms with Gasteiger partial charge >= 0.3 is 6.18 Å². The summed E-state index contributed by atoms with van der Waals surface area (Å²) in [4.78, 5) is 1.35. The highest BCUT2D eigenvalue weighted by Gasteiger charge is 2.33. The molecule has 10 heteroatoms. The van der Waals surface area contributed by atoms with E-state index >= 15 is 0 Å². The van der Waals surface area contributed by atoms with Crippen LogP contribution in [0.5, 0.6) is 0 Å². The molecule has 0 unspecified atom stereocenters. The molecule has 0 aliphatic rings. The maximum Gasteiger partial charge on any atom is 0.431 e. The van der Waals surface area contributed by atoms with Crippen molar-refractivity contribution in [1.82, 2.24) is 15.2 Å². The van der Waals surface area contributed by atoms with E-state index in [0.717, 1.165) is 12.4 Å². The minimum Gasteiger partial charge on any atom is -0.356 e. The normalized spacial score (nSPS) is 12.4. The first-order valence-electron chi connectivity index (χ1n) is 4.84. The zero-order chi connectivity index (χ0) is 14.1. The van der Waals surface area contributed by atoms with Crippen molar-refractivity contribution >= 4 is 15.7 Å². The summed E-state index contributed by atoms with van der Waals surface area (Å²) in [5.41, 5.74) is -1.04. The summed E-state index contributed by atoms with van der Waals surface area (Å²) in [5, 5.41) is 6.89. The second-order valence-corrected chi connectivity index (χ2v) is 5.17. The summed E-state index contributed by atoms with van der Waals surface area (Å²) in [6.45, 7) is 0. The highest BCUT2D eigenvalue weighted by molar-refractivity contribution is 7.92. The lowest BCUT2D eigenvalue weighted by Crippen LogP contribution is -2.12. The molecule has 6 nitrogen and oxygen atoms in total. The van der Waals surface area contributed by atoms with E-state index in [0.29, 0.717) is 6.07 Å². The van der Waals surface area contributed by atoms with Gasteiger partial charge in [0.2, 0.25) is 0 Å². The van der Waals surface area contributed by atoms with Gasteiger partial charge < -0.3 is 4.98 Å². The topological polar surface area (TPSA) is 87.7 Å². The van der Waals surface area contributed by atoms with Gasteiger partial charge in [-0.1, -0.05) is 0 Å². The van der Waals surface area contributed by atoms with Crippen molar-refractivity contribution in [2.75, 3.05) is 4.72 Å². The van der Waals surface area contributed by atoms with E-state index in [-0.39, 0.29) is 5.69 Å². The molecule has 0 aromatic carbocycles. The third-order valence-electron chi connectivity index (χ3n) is 2.11. The Morgan fingerprint density at radius 2 is 2.00 bits per heavy atom. The lowest BCUT2D eigenvalue weighted by molar-refractivity contribution is -0.140. The van der Waals surface area contributed by atoms with Crippen LogP contribution in [0.4, 0.5) is 18.9 Å². The smallest absolute Gasteiger partial charge is 0.356 e. The lowest BCUT2D eigenvalue weighted by atomic mass is 10.4. The van der Waals surface area contributed by atoms with Crippen LogP contribution in [0.25, 0.3) is 0 Å². The molecule has 0 fully saturated rings. The molecule has 2 N–H and O–H groups in total. The van der Waals surface area contributed by atoms with Gasteiger partial charge in [-0.05, 0) is 12.1 Å². The van der Waals surface area contributed by atoms with Crippen LogP contribution in [0, 0.1) is 0 Å². The van der Waals surface area contributed by atoms with Crippen LogP contribution >= 0.6 is 0 Å². The number of nitrogens with one attached hydrogen (secondary N) is 2. The van der Waals surface area contributed by atoms with E-state index in [4.69, 9.17) is 0 Å². The molecule has 0 saturated carbocycles. The monoisotopic (exact) mass is 292 g/mol. The Labute approximate surface area is 105 Å². The van der Waals surface area contributed by atoms with Gasteiger partial charge in [-0.3, -0.25) is 4.72 Å². The first kappa shape index (κ1) is 13.3. The van der Waals surface area contributed by atoms with Gasteiger partial charge in [-0.25, -0.2) is 8.42 Å². The van der Waals surface area contributed by atoms with Gasteiger partial charge in [0.05, 0.1) is 18.1 Å². The van der Waals surface area contributed by atoms with Gasteiger partial charge in [0.15, 0.2) is 0 Å². The maximum absolute atomic E-state index is 12.4. The fourth-order valence-electron chi connectivity index (χ4n) is 1.26. The molecule has 2 aromatic heterocycles. The second kappa shape index (κ2) is 4.53. The lowest BCUT2D eigenvalue weighted by Gasteiger charge is -2.05. The number of sulfonamides is 1. The zero-order valence-corrected chi connectivity index (χ0v) is 9.96. The predicted molar refractivity (Wildman–Crippen MR) is 58.6 cm³/mol. The average Bonchev–Trinajstić information content (AvgIpc) is 2.79. The van der Waals surface area contributed by atoms with Crippen LogP contribution in [-0.4, -0.2) is 23.6 Å². The fraction of sp³-hybridized carbons (Fsp3) is 0.111. The summed E-state index contributed by atoms with van der Waals surface area (Å²) < 4.78 is 62.7. The Kier molecular flexibility index (Phi) is 3.18. The van der Waals surface area contributed by atoms with Gasteiger partial charge in [0.1, 0.15) is 10.6 Å². The average molecular weight is 292 g/mol. The second-order valence-electron chi connectivity index (χ2n) is 3.48. The molecule has 19 heavy (non-hydrogen) atoms. The summed E-state index contributed by atoms with van der Waals surface area (Å²) in [6.07, 6.45) is -1.49. The van der Waals surface area contributed by atoms with E-state index in [1.165, 1.54) is 12.3 Å². The third-order valence-corrected chi connectivity index (χ3v) is 3.47. The Morgan fingerprint density at radius 3 is 2.53 bits per heavy atom. The summed E-state index contributed by atoms with van der Waals surface area (Å²) in [6, 6.07) is 1.83. The van der Waals surface area contributed by atoms with E-state index in [2.05, 4.69) is 14.9 Å². The SMILES string of the molecule is O=S(=O)(Nc1ccnnc1)c1c[nH]c(C(F)(F)F)c1. The molecule has 0 bridgehead atoms. The molecule has 102 valence electrons. The number of nitrogens with zero attached hydrogens (tertiary/aromatic N) is 2. The standard InChI is InChI=1S/C9H7F3N4O2S/c10-9(11,12)8-3-7(5-13-8)19(17,18)16-6-1-2-14-15-4-6/h1-5,13H,(H,14,16). The predicted octanol–water partition coefficient (Wildman–Crippen LogP) is 1.62. The van der Waals surface area contributed by atoms with Crippen molar-refractivity contribution in [3.63, 3.8) is 0 Å². The molecule has 0 amide bonds. The third kappa shape index (κ3) is 3.02. The van der Waals surface area contributed by atoms with Gasteiger partial charge in [0, 0.05) is 6.20 Å². The Hall–Kier alpha value is -2.10. The summed E-state index contributed by atoms with van der Waals surface area (Å²) >= 11 is 0. The molecule has 2 rings (SSSR count). The van der Waals surface area contributed by atoms with Crippen molar-refractivity contribution in [3.8, 4) is 0 Å². The van der Waals surface area contributed by atoms with E-state index in [9.17, 15) is 21.6 Å². The molecular weight excluding hydrogens is 285 g/mol. The summed E-state index contributed by atoms with van der Waals surface area (Å²) in [5.74, 6) is 0. The molecule has 0 radical (unpaired) electrons. The highest BCUT2D eigenvalue weighted by Crippen LogP contribution is 2.29. The largest absolute Gasteiger partial charge is 0.431 e. The number of hydrogen-bond donors (Lipinski definition) is 2. The van der Waals surface area contributed by atoms with Crippen LogP contribution in [0.3, 0.4) is 0 Å². The first-order chi connectivity index (χ1) is 8.79. The Bertz CT molecular complexity index is 666. The molecule has 0 aliphatic carbocycles. The molecule has 0 saturated heterocycles. The van der Waals surface area contributed by atoms with Crippen LogP contribution in [0.2, 0.25) is 0 Å². The minimum absolute atomic E-state index is 0.102. The van der Waals surface area contributed by atoms with Gasteiger partial charge in [-0.2, -0.15) is 23.4 Å². The molecule has 2 heterocycles. The molecule has 0 aliphatic heterocycles. The number of hydrogen-bond acceptors (Lipinski definition) is 4. The minimum atomic E-state index is -4.63. The van der Waals surface area contributed by atoms with E-state index in [1.807, 2.05) is 4.98 Å². The molecular formula is C9H7F3N4O2S. The van der Waals surface area contributed by atoms with Crippen molar-refractivity contribution in [1.29, 1.82) is 0 Å². The number of rotatable bonds is 3. The Balaban J connectivity index is 2.28. The van der Waals surface area contributed by atoms with Crippen LogP contribution in [0.15, 0.2) is 35.6 Å². The maximum atomic E-state index is 12.4. The van der Waals surface area contributed by atoms with Crippen LogP contribution in [-0.2, 0) is 16.2 Å². The van der Waals surface area contributed by atoms with Crippen LogP contribution < -0.4 is 4.72 Å². The fourth-order valence-corrected chi connectivity index (χ4v) is 2.29. The molecule has 2 aromatic rings. The number of H-pyrrole nitrogens is 1. The Morgan fingerprint density at radius 1 is 1.26 bits per heavy atom. The van der Waals surface area contributed by atoms with Crippen LogP contribution in [0.1, 0.15) is 5.69 Å². The van der Waals surface area contributed by atoms with Crippen molar-refractivity contribution in [3.05, 3.63) is 36.4 Å². The zero-order valence-electron chi connectivity index (χ0n) is 9.14. The van der Waals surface area contributed by atoms with E-state index in [1.54, 1.807) is 0 Å². The van der Waals surface area contributed by atoms with Gasteiger partial charge in [0.25, 0.3) is 10.0 Å². The first-order valence-corrected chi connectivity index (χ1v) is 6.32. The number of aromatic nitrogens is 3. The highest BCUT2D eigenvalue weighted by atomic mass is 32.2. The number of anilines is 1. The van der Waals surface area contributed by atoms with Crippen molar-refractivity contribution < 1.29 is 21.6 Å².